The molecule has 0 amide bonds. The lowest BCUT2D eigenvalue weighted by atomic mass is 10.1. The van der Waals surface area contributed by atoms with Gasteiger partial charge in [-0.15, -0.1) is 0 Å². The maximum absolute atomic E-state index is 9.00. The number of rotatable bonds is 4. The van der Waals surface area contributed by atoms with Crippen molar-refractivity contribution in [3.05, 3.63) is 0 Å². The summed E-state index contributed by atoms with van der Waals surface area (Å²) in [6, 6.07) is 0. The van der Waals surface area contributed by atoms with Crippen molar-refractivity contribution in [1.29, 1.82) is 0 Å². The third-order valence-corrected chi connectivity index (χ3v) is 1.07. The first-order valence-corrected chi connectivity index (χ1v) is 3.21. The lowest BCUT2D eigenvalue weighted by Crippen LogP contribution is -2.25. The van der Waals surface area contributed by atoms with E-state index in [4.69, 9.17) is 10.3 Å². The third-order valence-electron chi connectivity index (χ3n) is 1.07. The van der Waals surface area contributed by atoms with Crippen LogP contribution in [0.15, 0.2) is 0 Å². The summed E-state index contributed by atoms with van der Waals surface area (Å²) in [7, 11) is 0. The van der Waals surface area contributed by atoms with Crippen molar-refractivity contribution in [1.82, 2.24) is 5.48 Å². The van der Waals surface area contributed by atoms with Crippen LogP contribution in [0, 0.1) is 5.92 Å². The van der Waals surface area contributed by atoms with Gasteiger partial charge in [-0.1, -0.05) is 13.8 Å². The van der Waals surface area contributed by atoms with Crippen LogP contribution in [0.2, 0.25) is 0 Å². The second-order valence-electron chi connectivity index (χ2n) is 2.65. The van der Waals surface area contributed by atoms with Crippen LogP contribution in [-0.4, -0.2) is 23.0 Å². The smallest absolute Gasteiger partial charge is 0.0690 e. The second-order valence-corrected chi connectivity index (χ2v) is 2.65. The van der Waals surface area contributed by atoms with Crippen molar-refractivity contribution < 1.29 is 10.3 Å². The maximum Gasteiger partial charge on any atom is 0.0690 e. The van der Waals surface area contributed by atoms with Crippen molar-refractivity contribution in [2.45, 2.75) is 26.4 Å². The van der Waals surface area contributed by atoms with E-state index in [0.717, 1.165) is 6.42 Å². The molecule has 0 aromatic rings. The van der Waals surface area contributed by atoms with E-state index in [1.807, 2.05) is 19.3 Å². The molecule has 1 unspecified atom stereocenters. The lowest BCUT2D eigenvalue weighted by Gasteiger charge is -2.10. The molecule has 3 heteroatoms. The molecule has 0 radical (unpaired) electrons. The van der Waals surface area contributed by atoms with E-state index < -0.39 is 6.10 Å². The zero-order valence-electron chi connectivity index (χ0n) is 5.96. The maximum atomic E-state index is 9.00. The molecule has 0 fully saturated rings. The van der Waals surface area contributed by atoms with Gasteiger partial charge in [-0.05, 0) is 12.3 Å². The summed E-state index contributed by atoms with van der Waals surface area (Å²) in [5, 5.41) is 17.1. The molecule has 0 heterocycles. The van der Waals surface area contributed by atoms with Gasteiger partial charge in [0.2, 0.25) is 0 Å². The van der Waals surface area contributed by atoms with E-state index in [0.29, 0.717) is 5.92 Å². The number of aliphatic hydroxyl groups excluding tert-OH is 1. The van der Waals surface area contributed by atoms with Crippen LogP contribution in [0.1, 0.15) is 20.3 Å². The van der Waals surface area contributed by atoms with Gasteiger partial charge in [0.1, 0.15) is 0 Å². The largest absolute Gasteiger partial charge is 0.392 e. The van der Waals surface area contributed by atoms with Gasteiger partial charge < -0.3 is 10.3 Å². The first kappa shape index (κ1) is 8.88. The first-order chi connectivity index (χ1) is 4.16. The SMILES string of the molecule is CC(C)CC(O)CNO. The molecule has 0 bridgehead atoms. The first-order valence-electron chi connectivity index (χ1n) is 3.21. The Balaban J connectivity index is 3.15. The molecule has 9 heavy (non-hydrogen) atoms. The zero-order chi connectivity index (χ0) is 7.28. The number of aliphatic hydroxyl groups is 1. The van der Waals surface area contributed by atoms with Crippen molar-refractivity contribution in [2.75, 3.05) is 6.54 Å². The Labute approximate surface area is 55.7 Å². The topological polar surface area (TPSA) is 52.5 Å². The third kappa shape index (κ3) is 5.76. The average Bonchev–Trinajstić information content (AvgIpc) is 1.63. The molecule has 3 N–H and O–H groups in total. The predicted molar refractivity (Wildman–Crippen MR) is 35.3 cm³/mol. The normalized spacial score (nSPS) is 14.3. The fraction of sp³-hybridized carbons (Fsp3) is 1.00. The van der Waals surface area contributed by atoms with Crippen LogP contribution >= 0.6 is 0 Å². The summed E-state index contributed by atoms with van der Waals surface area (Å²) in [6.07, 6.45) is 0.308. The molecule has 0 saturated carbocycles. The molecule has 0 rings (SSSR count). The molecule has 0 aliphatic carbocycles. The van der Waals surface area contributed by atoms with Gasteiger partial charge in [0.15, 0.2) is 0 Å². The van der Waals surface area contributed by atoms with E-state index >= 15 is 0 Å². The monoisotopic (exact) mass is 133 g/mol. The Bertz CT molecular complexity index is 66.1. The summed E-state index contributed by atoms with van der Waals surface area (Å²) in [5.41, 5.74) is 1.92. The highest BCUT2D eigenvalue weighted by atomic mass is 16.5. The van der Waals surface area contributed by atoms with Crippen LogP contribution in [-0.2, 0) is 0 Å². The highest BCUT2D eigenvalue weighted by molar-refractivity contribution is 4.57. The Morgan fingerprint density at radius 2 is 2.00 bits per heavy atom. The Kier molecular flexibility index (Phi) is 4.67. The van der Waals surface area contributed by atoms with Gasteiger partial charge in [-0.25, -0.2) is 5.48 Å². The Hall–Kier alpha value is -0.120. The van der Waals surface area contributed by atoms with Gasteiger partial charge >= 0.3 is 0 Å². The quantitative estimate of drug-likeness (QED) is 0.486. The van der Waals surface area contributed by atoms with Crippen LogP contribution in [0.25, 0.3) is 0 Å². The van der Waals surface area contributed by atoms with E-state index in [-0.39, 0.29) is 6.54 Å². The fourth-order valence-corrected chi connectivity index (χ4v) is 0.733. The van der Waals surface area contributed by atoms with E-state index in [2.05, 4.69) is 0 Å². The van der Waals surface area contributed by atoms with Crippen LogP contribution in [0.5, 0.6) is 0 Å². The summed E-state index contributed by atoms with van der Waals surface area (Å²) < 4.78 is 0. The van der Waals surface area contributed by atoms with E-state index in [9.17, 15) is 0 Å². The van der Waals surface area contributed by atoms with Gasteiger partial charge in [-0.3, -0.25) is 0 Å². The molecule has 0 aliphatic heterocycles. The van der Waals surface area contributed by atoms with E-state index in [1.54, 1.807) is 0 Å². The highest BCUT2D eigenvalue weighted by Crippen LogP contribution is 2.02. The summed E-state index contributed by atoms with van der Waals surface area (Å²) in [6.45, 7) is 4.32. The highest BCUT2D eigenvalue weighted by Gasteiger charge is 2.04. The van der Waals surface area contributed by atoms with Crippen LogP contribution in [0.4, 0.5) is 0 Å². The van der Waals surface area contributed by atoms with Crippen molar-refractivity contribution in [2.24, 2.45) is 5.92 Å². The number of hydrogen-bond acceptors (Lipinski definition) is 3. The minimum atomic E-state index is -0.421. The number of nitrogens with one attached hydrogen (secondary N) is 1. The summed E-state index contributed by atoms with van der Waals surface area (Å²) in [5.74, 6) is 0.480. The summed E-state index contributed by atoms with van der Waals surface area (Å²) in [4.78, 5) is 0. The fourth-order valence-electron chi connectivity index (χ4n) is 0.733. The predicted octanol–water partition coefficient (Wildman–Crippen LogP) is 0.372. The molecular formula is C6H15NO2. The zero-order valence-corrected chi connectivity index (χ0v) is 5.96. The average molecular weight is 133 g/mol. The van der Waals surface area contributed by atoms with Crippen LogP contribution < -0.4 is 5.48 Å². The van der Waals surface area contributed by atoms with Gasteiger partial charge in [0, 0.05) is 6.54 Å². The molecule has 0 saturated heterocycles. The summed E-state index contributed by atoms with van der Waals surface area (Å²) >= 11 is 0. The van der Waals surface area contributed by atoms with E-state index in [1.165, 1.54) is 0 Å². The van der Waals surface area contributed by atoms with Crippen LogP contribution in [0.3, 0.4) is 0 Å². The molecule has 0 aliphatic rings. The van der Waals surface area contributed by atoms with Crippen molar-refractivity contribution >= 4 is 0 Å². The Morgan fingerprint density at radius 3 is 2.33 bits per heavy atom. The molecule has 0 aromatic heterocycles. The van der Waals surface area contributed by atoms with Gasteiger partial charge in [-0.2, -0.15) is 0 Å². The Morgan fingerprint density at radius 1 is 1.44 bits per heavy atom. The molecule has 3 nitrogen and oxygen atoms in total. The van der Waals surface area contributed by atoms with Crippen molar-refractivity contribution in [3.8, 4) is 0 Å². The molecule has 0 aromatic carbocycles. The van der Waals surface area contributed by atoms with Crippen molar-refractivity contribution in [3.63, 3.8) is 0 Å². The second kappa shape index (κ2) is 4.73. The molecule has 56 valence electrons. The van der Waals surface area contributed by atoms with Gasteiger partial charge in [0.05, 0.1) is 6.10 Å². The molecule has 0 spiro atoms. The minimum absolute atomic E-state index is 0.262. The molecular weight excluding hydrogens is 118 g/mol. The number of hydroxylamine groups is 1. The molecule has 1 atom stereocenters. The number of hydrogen-bond donors (Lipinski definition) is 3. The minimum Gasteiger partial charge on any atom is -0.392 e. The van der Waals surface area contributed by atoms with Gasteiger partial charge in [0.25, 0.3) is 0 Å². The standard InChI is InChI=1S/C6H15NO2/c1-5(2)3-6(8)4-7-9/h5-9H,3-4H2,1-2H3. The lowest BCUT2D eigenvalue weighted by molar-refractivity contribution is 0.0801.